The number of fused-ring (bicyclic) bond motifs is 1. The first-order chi connectivity index (χ1) is 12.4. The van der Waals surface area contributed by atoms with Crippen molar-refractivity contribution in [3.63, 3.8) is 0 Å². The van der Waals surface area contributed by atoms with Crippen LogP contribution in [0.15, 0.2) is 40.6 Å². The molecule has 1 aliphatic carbocycles. The number of nitrogens with zero attached hydrogens (tertiary/aromatic N) is 1. The Morgan fingerprint density at radius 1 is 1.12 bits per heavy atom. The molecule has 4 rings (SSSR count). The number of carbonyl (C=O) groups is 1. The molecule has 0 unspecified atom stereocenters. The summed E-state index contributed by atoms with van der Waals surface area (Å²) >= 11 is 7.61. The fourth-order valence-electron chi connectivity index (χ4n) is 4.09. The van der Waals surface area contributed by atoms with E-state index in [-0.39, 0.29) is 10.8 Å². The molecule has 0 N–H and O–H groups in total. The van der Waals surface area contributed by atoms with E-state index in [9.17, 15) is 13.2 Å². The first-order valence-electron chi connectivity index (χ1n) is 8.79. The maximum absolute atomic E-state index is 13.5. The number of sulfone groups is 1. The molecule has 0 radical (unpaired) electrons. The van der Waals surface area contributed by atoms with Crippen molar-refractivity contribution in [2.75, 3.05) is 6.54 Å². The van der Waals surface area contributed by atoms with Gasteiger partial charge in [0.2, 0.25) is 5.91 Å². The minimum absolute atomic E-state index is 0.186. The van der Waals surface area contributed by atoms with E-state index >= 15 is 0 Å². The molecular weight excluding hydrogens is 390 g/mol. The highest BCUT2D eigenvalue weighted by Crippen LogP contribution is 2.43. The van der Waals surface area contributed by atoms with Crippen molar-refractivity contribution in [3.8, 4) is 0 Å². The number of amides is 1. The summed E-state index contributed by atoms with van der Waals surface area (Å²) in [6, 6.07) is 8.20. The van der Waals surface area contributed by atoms with Crippen LogP contribution in [0.1, 0.15) is 36.1 Å². The highest BCUT2D eigenvalue weighted by Gasteiger charge is 2.54. The van der Waals surface area contributed by atoms with Crippen molar-refractivity contribution >= 4 is 38.7 Å². The molecule has 1 saturated carbocycles. The van der Waals surface area contributed by atoms with E-state index in [4.69, 9.17) is 11.6 Å². The number of carbonyl (C=O) groups excluding carboxylic acids is 1. The summed E-state index contributed by atoms with van der Waals surface area (Å²) in [5.74, 6) is -0.234. The van der Waals surface area contributed by atoms with Crippen molar-refractivity contribution in [1.29, 1.82) is 0 Å². The van der Waals surface area contributed by atoms with Gasteiger partial charge in [-0.25, -0.2) is 8.42 Å². The third-order valence-corrected chi connectivity index (χ3v) is 9.31. The smallest absolute Gasteiger partial charge is 0.244 e. The van der Waals surface area contributed by atoms with Gasteiger partial charge in [0.05, 0.1) is 4.90 Å². The lowest BCUT2D eigenvalue weighted by atomic mass is 10.0. The second kappa shape index (κ2) is 6.66. The maximum atomic E-state index is 13.5. The fraction of sp³-hybridized carbons (Fsp3) is 0.421. The predicted octanol–water partition coefficient (Wildman–Crippen LogP) is 4.07. The van der Waals surface area contributed by atoms with Crippen LogP contribution in [0, 0.1) is 0 Å². The zero-order chi connectivity index (χ0) is 18.4. The number of hydrogen-bond acceptors (Lipinski definition) is 4. The van der Waals surface area contributed by atoms with Gasteiger partial charge in [-0.05, 0) is 60.5 Å². The lowest BCUT2D eigenvalue weighted by molar-refractivity contribution is -0.134. The van der Waals surface area contributed by atoms with Crippen LogP contribution >= 0.6 is 22.9 Å². The Morgan fingerprint density at radius 2 is 1.81 bits per heavy atom. The number of rotatable bonds is 3. The van der Waals surface area contributed by atoms with E-state index in [1.165, 1.54) is 17.0 Å². The third kappa shape index (κ3) is 2.79. The summed E-state index contributed by atoms with van der Waals surface area (Å²) in [4.78, 5) is 16.7. The SMILES string of the molecule is O=C(N1CCc2sccc2C1)C1(S(=O)(=O)c2ccc(Cl)cc2)CCCC1. The summed E-state index contributed by atoms with van der Waals surface area (Å²) in [5, 5.41) is 2.52. The van der Waals surface area contributed by atoms with Crippen molar-refractivity contribution in [1.82, 2.24) is 4.90 Å². The molecule has 0 bridgehead atoms. The Labute approximate surface area is 162 Å². The number of halogens is 1. The molecule has 1 aromatic heterocycles. The monoisotopic (exact) mass is 409 g/mol. The van der Waals surface area contributed by atoms with Crippen LogP contribution in [-0.2, 0) is 27.6 Å². The topological polar surface area (TPSA) is 54.5 Å². The average Bonchev–Trinajstić information content (AvgIpc) is 3.31. The van der Waals surface area contributed by atoms with Crippen molar-refractivity contribution in [2.24, 2.45) is 0 Å². The Morgan fingerprint density at radius 3 is 2.50 bits per heavy atom. The van der Waals surface area contributed by atoms with E-state index in [1.807, 2.05) is 11.4 Å². The minimum atomic E-state index is -3.78. The van der Waals surface area contributed by atoms with Crippen LogP contribution in [0.3, 0.4) is 0 Å². The van der Waals surface area contributed by atoms with E-state index in [1.54, 1.807) is 28.4 Å². The van der Waals surface area contributed by atoms with Crippen LogP contribution in [-0.4, -0.2) is 30.5 Å². The molecule has 1 amide bonds. The molecule has 7 heteroatoms. The van der Waals surface area contributed by atoms with Gasteiger partial charge in [-0.1, -0.05) is 24.4 Å². The molecule has 1 aromatic carbocycles. The van der Waals surface area contributed by atoms with Crippen LogP contribution < -0.4 is 0 Å². The van der Waals surface area contributed by atoms with Gasteiger partial charge in [0.25, 0.3) is 0 Å². The Kier molecular flexibility index (Phi) is 4.61. The summed E-state index contributed by atoms with van der Waals surface area (Å²) < 4.78 is 25.6. The highest BCUT2D eigenvalue weighted by atomic mass is 35.5. The lowest BCUT2D eigenvalue weighted by Gasteiger charge is -2.36. The van der Waals surface area contributed by atoms with Crippen LogP contribution in [0.5, 0.6) is 0 Å². The second-order valence-corrected chi connectivity index (χ2v) is 10.7. The van der Waals surface area contributed by atoms with E-state index in [0.29, 0.717) is 31.0 Å². The Bertz CT molecular complexity index is 928. The largest absolute Gasteiger partial charge is 0.337 e. The van der Waals surface area contributed by atoms with Crippen LogP contribution in [0.25, 0.3) is 0 Å². The number of thiophene rings is 1. The molecule has 0 atom stereocenters. The summed E-state index contributed by atoms with van der Waals surface area (Å²) in [6.07, 6.45) is 3.11. The third-order valence-electron chi connectivity index (χ3n) is 5.53. The van der Waals surface area contributed by atoms with E-state index in [0.717, 1.165) is 24.8 Å². The van der Waals surface area contributed by atoms with Gasteiger partial charge in [-0.15, -0.1) is 11.3 Å². The summed E-state index contributed by atoms with van der Waals surface area (Å²) in [7, 11) is -3.78. The normalized spacial score (nSPS) is 19.3. The molecule has 2 aliphatic rings. The maximum Gasteiger partial charge on any atom is 0.244 e. The molecule has 4 nitrogen and oxygen atoms in total. The summed E-state index contributed by atoms with van der Waals surface area (Å²) in [5.41, 5.74) is 1.15. The second-order valence-electron chi connectivity index (χ2n) is 7.00. The van der Waals surface area contributed by atoms with Gasteiger partial charge in [0, 0.05) is 23.0 Å². The molecule has 1 fully saturated rings. The molecule has 2 heterocycles. The quantitative estimate of drug-likeness (QED) is 0.767. The summed E-state index contributed by atoms with van der Waals surface area (Å²) in [6.45, 7) is 1.10. The Hall–Kier alpha value is -1.37. The fourth-order valence-corrected chi connectivity index (χ4v) is 7.24. The van der Waals surface area contributed by atoms with Gasteiger partial charge in [-0.2, -0.15) is 0 Å². The van der Waals surface area contributed by atoms with E-state index in [2.05, 4.69) is 0 Å². The van der Waals surface area contributed by atoms with Gasteiger partial charge < -0.3 is 4.90 Å². The lowest BCUT2D eigenvalue weighted by Crippen LogP contribution is -2.53. The average molecular weight is 410 g/mol. The highest BCUT2D eigenvalue weighted by molar-refractivity contribution is 7.93. The van der Waals surface area contributed by atoms with Gasteiger partial charge in [0.1, 0.15) is 0 Å². The van der Waals surface area contributed by atoms with Gasteiger partial charge in [0.15, 0.2) is 14.6 Å². The molecule has 26 heavy (non-hydrogen) atoms. The van der Waals surface area contributed by atoms with Crippen molar-refractivity contribution in [2.45, 2.75) is 48.3 Å². The molecule has 138 valence electrons. The van der Waals surface area contributed by atoms with Crippen LogP contribution in [0.4, 0.5) is 0 Å². The first kappa shape index (κ1) is 18.0. The van der Waals surface area contributed by atoms with E-state index < -0.39 is 14.6 Å². The standard InChI is InChI=1S/C19H20ClNO3S2/c20-15-3-5-16(6-4-15)26(23,24)19(9-1-2-10-19)18(22)21-11-7-17-14(13-21)8-12-25-17/h3-6,8,12H,1-2,7,9-11,13H2. The minimum Gasteiger partial charge on any atom is -0.337 e. The number of hydrogen-bond donors (Lipinski definition) is 0. The zero-order valence-electron chi connectivity index (χ0n) is 14.3. The van der Waals surface area contributed by atoms with Crippen molar-refractivity contribution < 1.29 is 13.2 Å². The first-order valence-corrected chi connectivity index (χ1v) is 11.5. The number of benzene rings is 1. The predicted molar refractivity (Wildman–Crippen MR) is 103 cm³/mol. The molecule has 0 saturated heterocycles. The Balaban J connectivity index is 1.70. The zero-order valence-corrected chi connectivity index (χ0v) is 16.7. The molecule has 0 spiro atoms. The molecule has 1 aliphatic heterocycles. The molecule has 2 aromatic rings. The van der Waals surface area contributed by atoms with Gasteiger partial charge >= 0.3 is 0 Å². The van der Waals surface area contributed by atoms with Crippen LogP contribution in [0.2, 0.25) is 5.02 Å². The molecular formula is C19H20ClNO3S2. The van der Waals surface area contributed by atoms with Crippen molar-refractivity contribution in [3.05, 3.63) is 51.2 Å². The van der Waals surface area contributed by atoms with Gasteiger partial charge in [-0.3, -0.25) is 4.79 Å².